The molecule has 0 atom stereocenters. The molecule has 0 aliphatic carbocycles. The molecule has 0 aliphatic heterocycles. The summed E-state index contributed by atoms with van der Waals surface area (Å²) in [6.07, 6.45) is 1.62. The maximum absolute atomic E-state index is 10.3. The molecule has 0 heterocycles. The minimum Gasteiger partial charge on any atom is -0.389 e. The Morgan fingerprint density at radius 3 is 2.55 bits per heavy atom. The van der Waals surface area contributed by atoms with Gasteiger partial charge in [-0.15, -0.1) is 11.8 Å². The van der Waals surface area contributed by atoms with Crippen molar-refractivity contribution >= 4 is 11.8 Å². The second kappa shape index (κ2) is 8.71. The van der Waals surface area contributed by atoms with Crippen LogP contribution in [0.4, 0.5) is 0 Å². The van der Waals surface area contributed by atoms with Gasteiger partial charge in [-0.2, -0.15) is 0 Å². The SMILES string of the molecule is CCC(O)(CC)CSc1cccc(CNCC(C)C)c1. The van der Waals surface area contributed by atoms with Gasteiger partial charge in [0.05, 0.1) is 5.60 Å². The van der Waals surface area contributed by atoms with Crippen molar-refractivity contribution in [2.24, 2.45) is 5.92 Å². The molecule has 1 aromatic carbocycles. The highest BCUT2D eigenvalue weighted by Crippen LogP contribution is 2.27. The third-order valence-electron chi connectivity index (χ3n) is 3.60. The van der Waals surface area contributed by atoms with Gasteiger partial charge in [-0.3, -0.25) is 0 Å². The lowest BCUT2D eigenvalue weighted by Crippen LogP contribution is -2.29. The number of nitrogens with one attached hydrogen (secondary N) is 1. The van der Waals surface area contributed by atoms with E-state index in [1.165, 1.54) is 10.5 Å². The zero-order valence-corrected chi connectivity index (χ0v) is 14.1. The molecule has 0 amide bonds. The monoisotopic (exact) mass is 295 g/mol. The Hall–Kier alpha value is -0.510. The minimum atomic E-state index is -0.531. The number of aliphatic hydroxyl groups is 1. The van der Waals surface area contributed by atoms with Gasteiger partial charge in [-0.05, 0) is 43.0 Å². The molecule has 114 valence electrons. The number of benzene rings is 1. The van der Waals surface area contributed by atoms with Crippen molar-refractivity contribution in [3.05, 3.63) is 29.8 Å². The van der Waals surface area contributed by atoms with Crippen molar-refractivity contribution in [3.63, 3.8) is 0 Å². The summed E-state index contributed by atoms with van der Waals surface area (Å²) in [7, 11) is 0. The molecule has 0 fully saturated rings. The number of rotatable bonds is 9. The van der Waals surface area contributed by atoms with Gasteiger partial charge in [-0.25, -0.2) is 0 Å². The second-order valence-electron chi connectivity index (χ2n) is 5.89. The Labute approximate surface area is 128 Å². The lowest BCUT2D eigenvalue weighted by atomic mass is 10.0. The number of hydrogen-bond donors (Lipinski definition) is 2. The van der Waals surface area contributed by atoms with Crippen molar-refractivity contribution in [2.45, 2.75) is 57.6 Å². The van der Waals surface area contributed by atoms with Gasteiger partial charge < -0.3 is 10.4 Å². The Morgan fingerprint density at radius 1 is 1.25 bits per heavy atom. The van der Waals surface area contributed by atoms with Gasteiger partial charge in [0.2, 0.25) is 0 Å². The summed E-state index contributed by atoms with van der Waals surface area (Å²) in [6.45, 7) is 10.5. The summed E-state index contributed by atoms with van der Waals surface area (Å²) in [5.41, 5.74) is 0.781. The van der Waals surface area contributed by atoms with E-state index in [0.717, 1.165) is 31.7 Å². The predicted molar refractivity (Wildman–Crippen MR) is 89.2 cm³/mol. The van der Waals surface area contributed by atoms with E-state index < -0.39 is 5.60 Å². The molecule has 0 aliphatic rings. The van der Waals surface area contributed by atoms with Crippen LogP contribution in [0.2, 0.25) is 0 Å². The van der Waals surface area contributed by atoms with Crippen LogP contribution in [0.3, 0.4) is 0 Å². The molecule has 0 aromatic heterocycles. The molecule has 2 nitrogen and oxygen atoms in total. The van der Waals surface area contributed by atoms with Gasteiger partial charge >= 0.3 is 0 Å². The minimum absolute atomic E-state index is 0.531. The fourth-order valence-electron chi connectivity index (χ4n) is 1.92. The fraction of sp³-hybridized carbons (Fsp3) is 0.647. The highest BCUT2D eigenvalue weighted by Gasteiger charge is 2.22. The van der Waals surface area contributed by atoms with E-state index in [0.29, 0.717) is 5.92 Å². The molecule has 2 N–H and O–H groups in total. The van der Waals surface area contributed by atoms with Crippen LogP contribution in [0, 0.1) is 5.92 Å². The van der Waals surface area contributed by atoms with Crippen LogP contribution in [0.5, 0.6) is 0 Å². The van der Waals surface area contributed by atoms with Gasteiger partial charge in [-0.1, -0.05) is 39.8 Å². The highest BCUT2D eigenvalue weighted by atomic mass is 32.2. The van der Waals surface area contributed by atoms with Crippen LogP contribution in [0.1, 0.15) is 46.1 Å². The Morgan fingerprint density at radius 2 is 1.95 bits per heavy atom. The van der Waals surface area contributed by atoms with Crippen LogP contribution >= 0.6 is 11.8 Å². The van der Waals surface area contributed by atoms with Crippen molar-refractivity contribution in [2.75, 3.05) is 12.3 Å². The third-order valence-corrected chi connectivity index (χ3v) is 4.87. The number of hydrogen-bond acceptors (Lipinski definition) is 3. The summed E-state index contributed by atoms with van der Waals surface area (Å²) in [4.78, 5) is 1.24. The summed E-state index contributed by atoms with van der Waals surface area (Å²) in [6, 6.07) is 8.61. The summed E-state index contributed by atoms with van der Waals surface area (Å²) in [5.74, 6) is 1.44. The predicted octanol–water partition coefficient (Wildman–Crippen LogP) is 4.08. The smallest absolute Gasteiger partial charge is 0.0736 e. The molecule has 1 aromatic rings. The molecular formula is C17H29NOS. The molecule has 20 heavy (non-hydrogen) atoms. The van der Waals surface area contributed by atoms with E-state index in [2.05, 4.69) is 57.3 Å². The molecule has 0 saturated carbocycles. The molecule has 0 bridgehead atoms. The first kappa shape index (κ1) is 17.5. The van der Waals surface area contributed by atoms with Crippen molar-refractivity contribution in [1.82, 2.24) is 5.32 Å². The second-order valence-corrected chi connectivity index (χ2v) is 6.94. The quantitative estimate of drug-likeness (QED) is 0.673. The van der Waals surface area contributed by atoms with Crippen molar-refractivity contribution in [1.29, 1.82) is 0 Å². The molecule has 0 saturated heterocycles. The topological polar surface area (TPSA) is 32.3 Å². The first-order valence-electron chi connectivity index (χ1n) is 7.64. The van der Waals surface area contributed by atoms with Gasteiger partial charge in [0.15, 0.2) is 0 Å². The number of thioether (sulfide) groups is 1. The zero-order valence-electron chi connectivity index (χ0n) is 13.3. The summed E-state index contributed by atoms with van der Waals surface area (Å²) in [5, 5.41) is 13.8. The summed E-state index contributed by atoms with van der Waals surface area (Å²) >= 11 is 1.75. The first-order valence-corrected chi connectivity index (χ1v) is 8.62. The largest absolute Gasteiger partial charge is 0.389 e. The molecule has 0 unspecified atom stereocenters. The van der Waals surface area contributed by atoms with Crippen LogP contribution in [-0.4, -0.2) is 23.0 Å². The molecular weight excluding hydrogens is 266 g/mol. The Kier molecular flexibility index (Phi) is 7.63. The lowest BCUT2D eigenvalue weighted by molar-refractivity contribution is 0.0572. The van der Waals surface area contributed by atoms with Gasteiger partial charge in [0.1, 0.15) is 0 Å². The fourth-order valence-corrected chi connectivity index (χ4v) is 3.18. The lowest BCUT2D eigenvalue weighted by Gasteiger charge is -2.24. The summed E-state index contributed by atoms with van der Waals surface area (Å²) < 4.78 is 0. The Balaban J connectivity index is 2.51. The van der Waals surface area contributed by atoms with Crippen LogP contribution in [0.15, 0.2) is 29.2 Å². The van der Waals surface area contributed by atoms with Crippen molar-refractivity contribution in [3.8, 4) is 0 Å². The van der Waals surface area contributed by atoms with E-state index in [1.807, 2.05) is 0 Å². The van der Waals surface area contributed by atoms with Crippen LogP contribution < -0.4 is 5.32 Å². The third kappa shape index (κ3) is 6.29. The molecule has 0 spiro atoms. The van der Waals surface area contributed by atoms with Gasteiger partial charge in [0.25, 0.3) is 0 Å². The highest BCUT2D eigenvalue weighted by molar-refractivity contribution is 7.99. The average Bonchev–Trinajstić information content (AvgIpc) is 2.45. The van der Waals surface area contributed by atoms with Gasteiger partial charge in [0, 0.05) is 17.2 Å². The van der Waals surface area contributed by atoms with E-state index in [-0.39, 0.29) is 0 Å². The average molecular weight is 295 g/mol. The maximum Gasteiger partial charge on any atom is 0.0736 e. The van der Waals surface area contributed by atoms with Crippen LogP contribution in [0.25, 0.3) is 0 Å². The molecule has 3 heteroatoms. The van der Waals surface area contributed by atoms with Crippen LogP contribution in [-0.2, 0) is 6.54 Å². The van der Waals surface area contributed by atoms with E-state index in [4.69, 9.17) is 0 Å². The first-order chi connectivity index (χ1) is 9.49. The van der Waals surface area contributed by atoms with Crippen molar-refractivity contribution < 1.29 is 5.11 Å². The van der Waals surface area contributed by atoms with E-state index in [1.54, 1.807) is 11.8 Å². The van der Waals surface area contributed by atoms with E-state index >= 15 is 0 Å². The standard InChI is InChI=1S/C17H29NOS/c1-5-17(19,6-2)13-20-16-9-7-8-15(10-16)12-18-11-14(3)4/h7-10,14,18-19H,5-6,11-13H2,1-4H3. The normalized spacial score (nSPS) is 12.1. The zero-order chi connectivity index (χ0) is 15.0. The Bertz CT molecular complexity index is 388. The molecule has 0 radical (unpaired) electrons. The van der Waals surface area contributed by atoms with E-state index in [9.17, 15) is 5.11 Å². The maximum atomic E-state index is 10.3. The molecule has 1 rings (SSSR count).